The number of thioether (sulfide) groups is 1. The molecule has 29 heavy (non-hydrogen) atoms. The molecular formula is C22H21N3O3S. The number of hydrogen-bond donors (Lipinski definition) is 0. The van der Waals surface area contributed by atoms with Crippen molar-refractivity contribution in [2.24, 2.45) is 10.1 Å². The van der Waals surface area contributed by atoms with Crippen molar-refractivity contribution in [1.82, 2.24) is 5.01 Å². The number of hydrogen-bond acceptors (Lipinski definition) is 7. The van der Waals surface area contributed by atoms with Gasteiger partial charge in [0.2, 0.25) is 0 Å². The van der Waals surface area contributed by atoms with Crippen molar-refractivity contribution in [3.8, 4) is 5.75 Å². The lowest BCUT2D eigenvalue weighted by Crippen LogP contribution is -2.34. The van der Waals surface area contributed by atoms with E-state index in [0.29, 0.717) is 17.9 Å². The second kappa shape index (κ2) is 8.13. The number of benzene rings is 2. The summed E-state index contributed by atoms with van der Waals surface area (Å²) in [5.41, 5.74) is 3.07. The minimum absolute atomic E-state index is 0.300. The van der Waals surface area contributed by atoms with Crippen molar-refractivity contribution in [3.63, 3.8) is 0 Å². The molecule has 0 amide bonds. The van der Waals surface area contributed by atoms with Crippen LogP contribution in [0.5, 0.6) is 5.75 Å². The molecular weight excluding hydrogens is 386 g/mol. The summed E-state index contributed by atoms with van der Waals surface area (Å²) in [6.45, 7) is 3.94. The van der Waals surface area contributed by atoms with Gasteiger partial charge in [0.25, 0.3) is 0 Å². The van der Waals surface area contributed by atoms with Crippen LogP contribution in [-0.4, -0.2) is 34.9 Å². The topological polar surface area (TPSA) is 63.5 Å². The van der Waals surface area contributed by atoms with Gasteiger partial charge in [0.05, 0.1) is 25.0 Å². The smallest absolute Gasteiger partial charge is 0.338 e. The molecule has 2 aromatic carbocycles. The van der Waals surface area contributed by atoms with E-state index in [0.717, 1.165) is 27.1 Å². The predicted molar refractivity (Wildman–Crippen MR) is 115 cm³/mol. The van der Waals surface area contributed by atoms with E-state index in [-0.39, 0.29) is 5.97 Å². The molecule has 0 spiro atoms. The zero-order valence-electron chi connectivity index (χ0n) is 16.5. The van der Waals surface area contributed by atoms with Crippen LogP contribution in [0.25, 0.3) is 0 Å². The first-order valence-electron chi connectivity index (χ1n) is 9.34. The standard InChI is InChI=1S/C22H21N3O3S/c1-4-28-21(26)18-14(2)23-22-25(19(18)15-10-12-17(27-3)13-11-15)24-20(29-22)16-8-6-5-7-9-16/h5-13,19H,4H2,1-3H3. The molecule has 6 nitrogen and oxygen atoms in total. The highest BCUT2D eigenvalue weighted by molar-refractivity contribution is 8.27. The number of carbonyl (C=O) groups excluding carboxylic acids is 1. The molecule has 2 aliphatic heterocycles. The van der Waals surface area contributed by atoms with Gasteiger partial charge in [0, 0.05) is 5.56 Å². The molecule has 0 fully saturated rings. The average Bonchev–Trinajstić information content (AvgIpc) is 3.17. The summed E-state index contributed by atoms with van der Waals surface area (Å²) in [6.07, 6.45) is 0. The molecule has 1 atom stereocenters. The van der Waals surface area contributed by atoms with Gasteiger partial charge in [-0.1, -0.05) is 42.5 Å². The van der Waals surface area contributed by atoms with Crippen molar-refractivity contribution in [3.05, 3.63) is 77.0 Å². The number of fused-ring (bicyclic) bond motifs is 1. The highest BCUT2D eigenvalue weighted by Gasteiger charge is 2.40. The van der Waals surface area contributed by atoms with Gasteiger partial charge in [-0.25, -0.2) is 14.8 Å². The first-order valence-corrected chi connectivity index (χ1v) is 10.2. The maximum absolute atomic E-state index is 12.8. The normalized spacial score (nSPS) is 18.2. The SMILES string of the molecule is CCOC(=O)C1=C(C)N=C2SC(c3ccccc3)=NN2C1c1ccc(OC)cc1. The summed E-state index contributed by atoms with van der Waals surface area (Å²) in [4.78, 5) is 17.5. The van der Waals surface area contributed by atoms with Crippen molar-refractivity contribution in [1.29, 1.82) is 0 Å². The lowest BCUT2D eigenvalue weighted by molar-refractivity contribution is -0.139. The Labute approximate surface area is 173 Å². The summed E-state index contributed by atoms with van der Waals surface area (Å²) < 4.78 is 10.6. The summed E-state index contributed by atoms with van der Waals surface area (Å²) in [5.74, 6) is 0.378. The first kappa shape index (κ1) is 19.3. The van der Waals surface area contributed by atoms with E-state index in [4.69, 9.17) is 14.6 Å². The van der Waals surface area contributed by atoms with Crippen molar-refractivity contribution in [2.45, 2.75) is 19.9 Å². The third-order valence-corrected chi connectivity index (χ3v) is 5.67. The fourth-order valence-corrected chi connectivity index (χ4v) is 4.30. The fourth-order valence-electron chi connectivity index (χ4n) is 3.32. The molecule has 0 bridgehead atoms. The second-order valence-electron chi connectivity index (χ2n) is 6.51. The summed E-state index contributed by atoms with van der Waals surface area (Å²) >= 11 is 1.50. The Bertz CT molecular complexity index is 1010. The van der Waals surface area contributed by atoms with E-state index < -0.39 is 6.04 Å². The zero-order chi connectivity index (χ0) is 20.4. The van der Waals surface area contributed by atoms with Gasteiger partial charge in [0.15, 0.2) is 5.17 Å². The van der Waals surface area contributed by atoms with Gasteiger partial charge in [-0.3, -0.25) is 0 Å². The van der Waals surface area contributed by atoms with Crippen LogP contribution in [-0.2, 0) is 9.53 Å². The highest BCUT2D eigenvalue weighted by atomic mass is 32.2. The molecule has 0 saturated carbocycles. The summed E-state index contributed by atoms with van der Waals surface area (Å²) in [6, 6.07) is 17.2. The highest BCUT2D eigenvalue weighted by Crippen LogP contribution is 2.42. The number of nitrogens with zero attached hydrogens (tertiary/aromatic N) is 3. The molecule has 0 N–H and O–H groups in total. The maximum atomic E-state index is 12.8. The van der Waals surface area contributed by atoms with Gasteiger partial charge < -0.3 is 9.47 Å². The number of rotatable bonds is 5. The molecule has 1 unspecified atom stereocenters. The lowest BCUT2D eigenvalue weighted by Gasteiger charge is -2.31. The summed E-state index contributed by atoms with van der Waals surface area (Å²) in [5, 5.41) is 8.22. The van der Waals surface area contributed by atoms with Crippen LogP contribution in [0.3, 0.4) is 0 Å². The fraction of sp³-hybridized carbons (Fsp3) is 0.227. The van der Waals surface area contributed by atoms with Gasteiger partial charge in [-0.15, -0.1) is 0 Å². The van der Waals surface area contributed by atoms with Crippen molar-refractivity contribution in [2.75, 3.05) is 13.7 Å². The van der Waals surface area contributed by atoms with Gasteiger partial charge >= 0.3 is 5.97 Å². The number of carbonyl (C=O) groups is 1. The minimum atomic E-state index is -0.416. The Morgan fingerprint density at radius 1 is 1.14 bits per heavy atom. The van der Waals surface area contributed by atoms with E-state index in [9.17, 15) is 4.79 Å². The third kappa shape index (κ3) is 3.65. The van der Waals surface area contributed by atoms with Crippen LogP contribution in [0.1, 0.15) is 31.0 Å². The Balaban J connectivity index is 1.80. The summed E-state index contributed by atoms with van der Waals surface area (Å²) in [7, 11) is 1.63. The van der Waals surface area contributed by atoms with Crippen LogP contribution in [0.4, 0.5) is 0 Å². The molecule has 0 radical (unpaired) electrons. The van der Waals surface area contributed by atoms with Gasteiger partial charge in [-0.2, -0.15) is 5.10 Å². The first-order chi connectivity index (χ1) is 14.1. The second-order valence-corrected chi connectivity index (χ2v) is 7.46. The number of hydrazone groups is 1. The zero-order valence-corrected chi connectivity index (χ0v) is 17.3. The van der Waals surface area contributed by atoms with E-state index >= 15 is 0 Å². The van der Waals surface area contributed by atoms with Crippen LogP contribution in [0.15, 0.2) is 76.0 Å². The van der Waals surface area contributed by atoms with Gasteiger partial charge in [0.1, 0.15) is 16.8 Å². The third-order valence-electron chi connectivity index (χ3n) is 4.70. The lowest BCUT2D eigenvalue weighted by atomic mass is 9.95. The molecule has 4 rings (SSSR count). The number of aliphatic imine (C=N–C) groups is 1. The Kier molecular flexibility index (Phi) is 5.40. The number of methoxy groups -OCH3 is 1. The van der Waals surface area contributed by atoms with Crippen molar-refractivity contribution < 1.29 is 14.3 Å². The molecule has 7 heteroatoms. The number of amidine groups is 1. The van der Waals surface area contributed by atoms with Crippen LogP contribution in [0.2, 0.25) is 0 Å². The molecule has 2 aromatic rings. The maximum Gasteiger partial charge on any atom is 0.338 e. The van der Waals surface area contributed by atoms with E-state index in [1.807, 2.05) is 66.5 Å². The van der Waals surface area contributed by atoms with Crippen LogP contribution in [0, 0.1) is 0 Å². The van der Waals surface area contributed by atoms with Crippen LogP contribution >= 0.6 is 11.8 Å². The molecule has 2 heterocycles. The molecule has 0 saturated heterocycles. The van der Waals surface area contributed by atoms with E-state index in [1.165, 1.54) is 11.8 Å². The number of allylic oxidation sites excluding steroid dienone is 1. The number of esters is 1. The number of ether oxygens (including phenoxy) is 2. The average molecular weight is 407 g/mol. The van der Waals surface area contributed by atoms with Crippen molar-refractivity contribution >= 4 is 27.9 Å². The van der Waals surface area contributed by atoms with E-state index in [2.05, 4.69) is 4.99 Å². The molecule has 0 aliphatic carbocycles. The Morgan fingerprint density at radius 3 is 2.52 bits per heavy atom. The molecule has 0 aromatic heterocycles. The molecule has 2 aliphatic rings. The largest absolute Gasteiger partial charge is 0.497 e. The predicted octanol–water partition coefficient (Wildman–Crippen LogP) is 4.35. The Morgan fingerprint density at radius 2 is 1.86 bits per heavy atom. The monoisotopic (exact) mass is 407 g/mol. The van der Waals surface area contributed by atoms with E-state index in [1.54, 1.807) is 14.0 Å². The van der Waals surface area contributed by atoms with Gasteiger partial charge in [-0.05, 0) is 43.3 Å². The van der Waals surface area contributed by atoms with Crippen LogP contribution < -0.4 is 4.74 Å². The molecule has 148 valence electrons. The minimum Gasteiger partial charge on any atom is -0.497 e. The Hall–Kier alpha value is -3.06. The quantitative estimate of drug-likeness (QED) is 0.690.